The average Bonchev–Trinajstić information content (AvgIpc) is 2.57. The topological polar surface area (TPSA) is 17.1 Å². The molecular formula is C24H48O. The Morgan fingerprint density at radius 2 is 1.12 bits per heavy atom. The second-order valence-electron chi connectivity index (χ2n) is 9.16. The van der Waals surface area contributed by atoms with Crippen molar-refractivity contribution in [3.8, 4) is 0 Å². The van der Waals surface area contributed by atoms with E-state index in [0.29, 0.717) is 5.78 Å². The molecule has 0 aliphatic rings. The molecule has 0 aliphatic heterocycles. The maximum atomic E-state index is 11.8. The lowest BCUT2D eigenvalue weighted by Crippen LogP contribution is -2.19. The van der Waals surface area contributed by atoms with Crippen LogP contribution in [-0.2, 0) is 4.79 Å². The van der Waals surface area contributed by atoms with E-state index < -0.39 is 0 Å². The molecule has 0 bridgehead atoms. The normalized spacial score (nSPS) is 13.2. The van der Waals surface area contributed by atoms with Gasteiger partial charge in [0.2, 0.25) is 0 Å². The van der Waals surface area contributed by atoms with E-state index >= 15 is 0 Å². The molecule has 0 fully saturated rings. The highest BCUT2D eigenvalue weighted by Crippen LogP contribution is 2.22. The number of hydrogen-bond donors (Lipinski definition) is 0. The first-order valence-corrected chi connectivity index (χ1v) is 11.4. The number of hydrogen-bond acceptors (Lipinski definition) is 1. The smallest absolute Gasteiger partial charge is 0.138 e. The van der Waals surface area contributed by atoms with Crippen LogP contribution in [0.1, 0.15) is 137 Å². The lowest BCUT2D eigenvalue weighted by molar-refractivity contribution is -0.126. The summed E-state index contributed by atoms with van der Waals surface area (Å²) in [5, 5.41) is 0. The van der Waals surface area contributed by atoms with Crippen molar-refractivity contribution >= 4 is 5.78 Å². The van der Waals surface area contributed by atoms with Crippen molar-refractivity contribution < 1.29 is 4.79 Å². The van der Waals surface area contributed by atoms with E-state index in [1.807, 2.05) is 20.8 Å². The molecule has 0 N–H and O–H groups in total. The summed E-state index contributed by atoms with van der Waals surface area (Å²) < 4.78 is 0. The fourth-order valence-electron chi connectivity index (χ4n) is 3.57. The number of unbranched alkanes of at least 4 members (excludes halogenated alkanes) is 10. The Morgan fingerprint density at radius 3 is 1.56 bits per heavy atom. The van der Waals surface area contributed by atoms with E-state index in [9.17, 15) is 4.79 Å². The van der Waals surface area contributed by atoms with Crippen molar-refractivity contribution in [1.82, 2.24) is 0 Å². The van der Waals surface area contributed by atoms with Gasteiger partial charge in [-0.05, 0) is 12.3 Å². The largest absolute Gasteiger partial charge is 0.299 e. The molecule has 0 aromatic rings. The molecule has 0 heterocycles. The summed E-state index contributed by atoms with van der Waals surface area (Å²) in [6.45, 7) is 10.8. The Balaban J connectivity index is 3.38. The third-order valence-corrected chi connectivity index (χ3v) is 5.65. The summed E-state index contributed by atoms with van der Waals surface area (Å²) >= 11 is 0. The van der Waals surface area contributed by atoms with Crippen molar-refractivity contribution in [3.05, 3.63) is 0 Å². The third-order valence-electron chi connectivity index (χ3n) is 5.65. The number of carbonyl (C=O) groups excluding carboxylic acids is 1. The Morgan fingerprint density at radius 1 is 0.680 bits per heavy atom. The van der Waals surface area contributed by atoms with Crippen molar-refractivity contribution in [1.29, 1.82) is 0 Å². The minimum atomic E-state index is -0.146. The first kappa shape index (κ1) is 24.7. The average molecular weight is 353 g/mol. The van der Waals surface area contributed by atoms with Gasteiger partial charge in [-0.15, -0.1) is 0 Å². The van der Waals surface area contributed by atoms with Crippen molar-refractivity contribution in [2.75, 3.05) is 0 Å². The van der Waals surface area contributed by atoms with Crippen LogP contribution in [0.25, 0.3) is 0 Å². The molecule has 1 nitrogen and oxygen atoms in total. The number of carbonyl (C=O) groups is 1. The second-order valence-corrected chi connectivity index (χ2v) is 9.16. The lowest BCUT2D eigenvalue weighted by Gasteiger charge is -2.16. The second kappa shape index (κ2) is 15.9. The molecule has 1 atom stereocenters. The predicted molar refractivity (Wildman–Crippen MR) is 113 cm³/mol. The molecule has 0 aliphatic carbocycles. The van der Waals surface area contributed by atoms with Gasteiger partial charge in [0.15, 0.2) is 0 Å². The fraction of sp³-hybridized carbons (Fsp3) is 0.958. The van der Waals surface area contributed by atoms with Crippen molar-refractivity contribution in [2.45, 2.75) is 137 Å². The fourth-order valence-corrected chi connectivity index (χ4v) is 3.57. The minimum absolute atomic E-state index is 0.146. The van der Waals surface area contributed by atoms with Crippen LogP contribution in [0, 0.1) is 11.3 Å². The molecule has 0 aromatic heterocycles. The number of ketones is 1. The maximum Gasteiger partial charge on any atom is 0.138 e. The van der Waals surface area contributed by atoms with E-state index in [4.69, 9.17) is 0 Å². The number of Topliss-reactive ketones (excluding diaryl/α,β-unsaturated/α-hetero) is 1. The van der Waals surface area contributed by atoms with Crippen LogP contribution in [0.5, 0.6) is 0 Å². The van der Waals surface area contributed by atoms with Gasteiger partial charge in [0.25, 0.3) is 0 Å². The van der Waals surface area contributed by atoms with Gasteiger partial charge in [-0.25, -0.2) is 0 Å². The van der Waals surface area contributed by atoms with E-state index in [-0.39, 0.29) is 5.41 Å². The van der Waals surface area contributed by atoms with Crippen LogP contribution < -0.4 is 0 Å². The molecule has 1 heteroatoms. The lowest BCUT2D eigenvalue weighted by atomic mass is 9.88. The van der Waals surface area contributed by atoms with Gasteiger partial charge in [-0.2, -0.15) is 0 Å². The molecule has 150 valence electrons. The highest BCUT2D eigenvalue weighted by atomic mass is 16.1. The quantitative estimate of drug-likeness (QED) is 0.240. The van der Waals surface area contributed by atoms with Gasteiger partial charge < -0.3 is 0 Å². The van der Waals surface area contributed by atoms with E-state index in [1.54, 1.807) is 0 Å². The Kier molecular flexibility index (Phi) is 15.7. The van der Waals surface area contributed by atoms with Gasteiger partial charge >= 0.3 is 0 Å². The molecular weight excluding hydrogens is 304 g/mol. The molecule has 1 unspecified atom stereocenters. The summed E-state index contributed by atoms with van der Waals surface area (Å²) in [6, 6.07) is 0. The Bertz CT molecular complexity index is 300. The molecule has 0 rings (SSSR count). The molecule has 0 spiro atoms. The van der Waals surface area contributed by atoms with E-state index in [0.717, 1.165) is 18.8 Å². The van der Waals surface area contributed by atoms with Gasteiger partial charge in [-0.3, -0.25) is 4.79 Å². The minimum Gasteiger partial charge on any atom is -0.299 e. The van der Waals surface area contributed by atoms with Gasteiger partial charge in [0, 0.05) is 11.8 Å². The summed E-state index contributed by atoms with van der Waals surface area (Å²) in [7, 11) is 0. The summed E-state index contributed by atoms with van der Waals surface area (Å²) in [5.74, 6) is 1.41. The standard InChI is InChI=1S/C24H48O/c1-6-8-9-16-19-22(7-2)20-17-14-12-10-11-13-15-18-21-23(25)24(3,4)5/h22H,6-21H2,1-5H3. The highest BCUT2D eigenvalue weighted by molar-refractivity contribution is 5.83. The van der Waals surface area contributed by atoms with Crippen molar-refractivity contribution in [2.24, 2.45) is 11.3 Å². The van der Waals surface area contributed by atoms with E-state index in [1.165, 1.54) is 89.9 Å². The highest BCUT2D eigenvalue weighted by Gasteiger charge is 2.19. The third kappa shape index (κ3) is 15.6. The Hall–Kier alpha value is -0.330. The SMILES string of the molecule is CCCCCCC(CC)CCCCCCCCCCC(=O)C(C)(C)C. The molecule has 0 saturated heterocycles. The van der Waals surface area contributed by atoms with E-state index in [2.05, 4.69) is 13.8 Å². The van der Waals surface area contributed by atoms with Crippen LogP contribution in [0.2, 0.25) is 0 Å². The van der Waals surface area contributed by atoms with Gasteiger partial charge in [-0.1, -0.05) is 125 Å². The molecule has 0 radical (unpaired) electrons. The zero-order valence-corrected chi connectivity index (χ0v) is 18.3. The molecule has 0 aromatic carbocycles. The predicted octanol–water partition coefficient (Wildman–Crippen LogP) is 8.50. The van der Waals surface area contributed by atoms with Gasteiger partial charge in [0.05, 0.1) is 0 Å². The summed E-state index contributed by atoms with van der Waals surface area (Å²) in [4.78, 5) is 11.8. The van der Waals surface area contributed by atoms with Crippen molar-refractivity contribution in [3.63, 3.8) is 0 Å². The summed E-state index contributed by atoms with van der Waals surface area (Å²) in [6.07, 6.45) is 21.4. The zero-order chi connectivity index (χ0) is 19.0. The molecule has 0 amide bonds. The maximum absolute atomic E-state index is 11.8. The zero-order valence-electron chi connectivity index (χ0n) is 18.3. The monoisotopic (exact) mass is 352 g/mol. The first-order chi connectivity index (χ1) is 11.9. The van der Waals surface area contributed by atoms with Crippen LogP contribution in [0.15, 0.2) is 0 Å². The molecule has 0 saturated carbocycles. The van der Waals surface area contributed by atoms with Gasteiger partial charge in [0.1, 0.15) is 5.78 Å². The first-order valence-electron chi connectivity index (χ1n) is 11.4. The summed E-state index contributed by atoms with van der Waals surface area (Å²) in [5.41, 5.74) is -0.146. The number of rotatable bonds is 17. The van der Waals surface area contributed by atoms with Crippen LogP contribution >= 0.6 is 0 Å². The van der Waals surface area contributed by atoms with Crippen LogP contribution in [0.4, 0.5) is 0 Å². The van der Waals surface area contributed by atoms with Crippen LogP contribution in [-0.4, -0.2) is 5.78 Å². The van der Waals surface area contributed by atoms with Crippen LogP contribution in [0.3, 0.4) is 0 Å². The molecule has 25 heavy (non-hydrogen) atoms. The Labute approximate surface area is 159 Å².